The Morgan fingerprint density at radius 3 is 2.49 bits per heavy atom. The number of hydrogen-bond donors (Lipinski definition) is 1. The van der Waals surface area contributed by atoms with Gasteiger partial charge in [-0.15, -0.1) is 10.2 Å². The Labute approximate surface area is 210 Å². The van der Waals surface area contributed by atoms with Crippen molar-refractivity contribution in [3.63, 3.8) is 0 Å². The van der Waals surface area contributed by atoms with Crippen LogP contribution in [-0.4, -0.2) is 38.6 Å². The zero-order chi connectivity index (χ0) is 24.8. The third-order valence-electron chi connectivity index (χ3n) is 4.93. The largest absolute Gasteiger partial charge is 0.545 e. The van der Waals surface area contributed by atoms with E-state index in [4.69, 9.17) is 11.6 Å². The lowest BCUT2D eigenvalue weighted by Gasteiger charge is -2.11. The molecule has 8 nitrogen and oxygen atoms in total. The van der Waals surface area contributed by atoms with Crippen molar-refractivity contribution in [2.24, 2.45) is 5.10 Å². The van der Waals surface area contributed by atoms with E-state index in [2.05, 4.69) is 20.7 Å². The Kier molecular flexibility index (Phi) is 7.59. The SMILES string of the molecule is Cc1ccc(-n2c(SCC(=O)N/N=C\c3ccccc3C(=O)[O-])nnc2-c2ccc(Cl)cc2)cc1. The van der Waals surface area contributed by atoms with E-state index < -0.39 is 5.97 Å². The topological polar surface area (TPSA) is 112 Å². The number of nitrogens with zero attached hydrogens (tertiary/aromatic N) is 4. The van der Waals surface area contributed by atoms with E-state index in [9.17, 15) is 14.7 Å². The van der Waals surface area contributed by atoms with E-state index in [-0.39, 0.29) is 17.2 Å². The van der Waals surface area contributed by atoms with Crippen LogP contribution in [0, 0.1) is 6.92 Å². The van der Waals surface area contributed by atoms with Gasteiger partial charge in [0.25, 0.3) is 5.91 Å². The van der Waals surface area contributed by atoms with E-state index >= 15 is 0 Å². The van der Waals surface area contributed by atoms with E-state index in [1.54, 1.807) is 30.3 Å². The summed E-state index contributed by atoms with van der Waals surface area (Å²) in [7, 11) is 0. The van der Waals surface area contributed by atoms with Crippen LogP contribution >= 0.6 is 23.4 Å². The predicted molar refractivity (Wildman–Crippen MR) is 134 cm³/mol. The maximum absolute atomic E-state index is 12.4. The molecule has 10 heteroatoms. The zero-order valence-corrected chi connectivity index (χ0v) is 20.1. The highest BCUT2D eigenvalue weighted by atomic mass is 35.5. The molecular weight excluding hydrogens is 486 g/mol. The second-order valence-electron chi connectivity index (χ2n) is 7.44. The normalized spacial score (nSPS) is 11.0. The zero-order valence-electron chi connectivity index (χ0n) is 18.5. The maximum atomic E-state index is 12.4. The molecule has 0 fully saturated rings. The quantitative estimate of drug-likeness (QED) is 0.223. The highest BCUT2D eigenvalue weighted by molar-refractivity contribution is 7.99. The van der Waals surface area contributed by atoms with Crippen molar-refractivity contribution in [2.75, 3.05) is 5.75 Å². The van der Waals surface area contributed by atoms with Gasteiger partial charge in [-0.1, -0.05) is 65.3 Å². The van der Waals surface area contributed by atoms with Crippen LogP contribution in [0.3, 0.4) is 0 Å². The monoisotopic (exact) mass is 504 g/mol. The number of thioether (sulfide) groups is 1. The molecule has 0 aliphatic carbocycles. The first-order valence-electron chi connectivity index (χ1n) is 10.5. The fourth-order valence-electron chi connectivity index (χ4n) is 3.21. The van der Waals surface area contributed by atoms with Crippen LogP contribution in [0.4, 0.5) is 0 Å². The molecule has 0 spiro atoms. The number of halogens is 1. The number of amides is 1. The third kappa shape index (κ3) is 5.95. The Morgan fingerprint density at radius 1 is 1.06 bits per heavy atom. The molecule has 3 aromatic carbocycles. The van der Waals surface area contributed by atoms with Crippen molar-refractivity contribution in [3.05, 3.63) is 94.5 Å². The van der Waals surface area contributed by atoms with E-state index in [0.29, 0.717) is 21.6 Å². The van der Waals surface area contributed by atoms with Crippen molar-refractivity contribution >= 4 is 41.5 Å². The number of aryl methyl sites for hydroxylation is 1. The fraction of sp³-hybridized carbons (Fsp3) is 0.0800. The minimum atomic E-state index is -1.32. The van der Waals surface area contributed by atoms with Crippen molar-refractivity contribution in [1.82, 2.24) is 20.2 Å². The number of rotatable bonds is 8. The highest BCUT2D eigenvalue weighted by Crippen LogP contribution is 2.28. The number of carbonyl (C=O) groups is 2. The summed E-state index contributed by atoms with van der Waals surface area (Å²) in [5.74, 6) is -1.07. The molecule has 4 rings (SSSR count). The predicted octanol–water partition coefficient (Wildman–Crippen LogP) is 3.50. The van der Waals surface area contributed by atoms with Crippen LogP contribution in [0.2, 0.25) is 5.02 Å². The molecular formula is C25H19ClN5O3S-. The maximum Gasteiger partial charge on any atom is 0.250 e. The number of hydrazone groups is 1. The number of carboxylic acids is 1. The van der Waals surface area contributed by atoms with Gasteiger partial charge in [0.05, 0.1) is 17.9 Å². The number of hydrogen-bond acceptors (Lipinski definition) is 7. The molecule has 0 unspecified atom stereocenters. The smallest absolute Gasteiger partial charge is 0.250 e. The van der Waals surface area contributed by atoms with E-state index in [1.165, 1.54) is 24.0 Å². The molecule has 1 heterocycles. The number of aromatic nitrogens is 3. The summed E-state index contributed by atoms with van der Waals surface area (Å²) < 4.78 is 1.87. The van der Waals surface area contributed by atoms with Crippen molar-refractivity contribution in [1.29, 1.82) is 0 Å². The van der Waals surface area contributed by atoms with Crippen LogP contribution in [-0.2, 0) is 4.79 Å². The van der Waals surface area contributed by atoms with Gasteiger partial charge in [-0.3, -0.25) is 9.36 Å². The van der Waals surface area contributed by atoms with Crippen LogP contribution in [0.5, 0.6) is 0 Å². The summed E-state index contributed by atoms with van der Waals surface area (Å²) in [4.78, 5) is 23.6. The molecule has 0 aliphatic rings. The standard InChI is InChI=1S/C25H20ClN5O3S/c1-16-6-12-20(13-7-16)31-23(17-8-10-19(26)11-9-17)29-30-25(31)35-15-22(32)28-27-14-18-4-2-3-5-21(18)24(33)34/h2-14H,15H2,1H3,(H,28,32)(H,33,34)/p-1/b27-14-. The molecule has 0 bridgehead atoms. The molecule has 1 aromatic heterocycles. The summed E-state index contributed by atoms with van der Waals surface area (Å²) in [6.07, 6.45) is 1.27. The van der Waals surface area contributed by atoms with Gasteiger partial charge < -0.3 is 9.90 Å². The number of aromatic carboxylic acids is 1. The van der Waals surface area contributed by atoms with Crippen molar-refractivity contribution in [2.45, 2.75) is 12.1 Å². The summed E-state index contributed by atoms with van der Waals surface area (Å²) in [6, 6.07) is 21.4. The van der Waals surface area contributed by atoms with Gasteiger partial charge in [-0.25, -0.2) is 5.43 Å². The lowest BCUT2D eigenvalue weighted by atomic mass is 10.1. The molecule has 1 N–H and O–H groups in total. The number of benzene rings is 3. The summed E-state index contributed by atoms with van der Waals surface area (Å²) in [5, 5.41) is 24.8. The Hall–Kier alpha value is -3.95. The lowest BCUT2D eigenvalue weighted by molar-refractivity contribution is -0.255. The molecule has 0 atom stereocenters. The van der Waals surface area contributed by atoms with Crippen molar-refractivity contribution in [3.8, 4) is 17.1 Å². The van der Waals surface area contributed by atoms with Gasteiger partial charge in [-0.2, -0.15) is 5.10 Å². The molecule has 1 amide bonds. The van der Waals surface area contributed by atoms with Gasteiger partial charge in [0.2, 0.25) is 0 Å². The molecule has 0 saturated carbocycles. The molecule has 35 heavy (non-hydrogen) atoms. The molecule has 0 aliphatic heterocycles. The summed E-state index contributed by atoms with van der Waals surface area (Å²) in [6.45, 7) is 2.00. The average Bonchev–Trinajstić information content (AvgIpc) is 3.28. The first-order valence-corrected chi connectivity index (χ1v) is 11.8. The fourth-order valence-corrected chi connectivity index (χ4v) is 4.08. The first-order chi connectivity index (χ1) is 16.9. The van der Waals surface area contributed by atoms with E-state index in [0.717, 1.165) is 16.8 Å². The average molecular weight is 505 g/mol. The number of nitrogens with one attached hydrogen (secondary N) is 1. The Balaban J connectivity index is 1.51. The minimum absolute atomic E-state index is 0.0131. The van der Waals surface area contributed by atoms with Gasteiger partial charge in [0, 0.05) is 27.4 Å². The summed E-state index contributed by atoms with van der Waals surface area (Å²) in [5.41, 5.74) is 5.51. The van der Waals surface area contributed by atoms with Crippen LogP contribution in [0.15, 0.2) is 83.1 Å². The lowest BCUT2D eigenvalue weighted by Crippen LogP contribution is -2.24. The third-order valence-corrected chi connectivity index (χ3v) is 6.11. The minimum Gasteiger partial charge on any atom is -0.545 e. The number of carbonyl (C=O) groups excluding carboxylic acids is 2. The van der Waals surface area contributed by atoms with Gasteiger partial charge in [0.1, 0.15) is 0 Å². The van der Waals surface area contributed by atoms with Crippen molar-refractivity contribution < 1.29 is 14.7 Å². The van der Waals surface area contributed by atoms with E-state index in [1.807, 2.05) is 47.9 Å². The Bertz CT molecular complexity index is 1390. The molecule has 0 radical (unpaired) electrons. The van der Waals surface area contributed by atoms with Crippen LogP contribution < -0.4 is 10.5 Å². The number of carboxylic acid groups (broad SMARTS) is 1. The molecule has 0 saturated heterocycles. The highest BCUT2D eigenvalue weighted by Gasteiger charge is 2.17. The molecule has 176 valence electrons. The van der Waals surface area contributed by atoms with Gasteiger partial charge >= 0.3 is 0 Å². The summed E-state index contributed by atoms with van der Waals surface area (Å²) >= 11 is 7.23. The Morgan fingerprint density at radius 2 is 1.77 bits per heavy atom. The van der Waals surface area contributed by atoms with Crippen LogP contribution in [0.1, 0.15) is 21.5 Å². The van der Waals surface area contributed by atoms with Gasteiger partial charge in [0.15, 0.2) is 11.0 Å². The second-order valence-corrected chi connectivity index (χ2v) is 8.82. The molecule has 4 aromatic rings. The second kappa shape index (κ2) is 11.0. The van der Waals surface area contributed by atoms with Crippen LogP contribution in [0.25, 0.3) is 17.1 Å². The first kappa shape index (κ1) is 24.2. The van der Waals surface area contributed by atoms with Gasteiger partial charge in [-0.05, 0) is 43.3 Å².